The molecule has 0 amide bonds. The van der Waals surface area contributed by atoms with Crippen LogP contribution in [0.1, 0.15) is 25.0 Å². The fraction of sp³-hybridized carbons (Fsp3) is 0.0750. The van der Waals surface area contributed by atoms with Crippen LogP contribution in [0.25, 0.3) is 78.0 Å². The molecule has 0 fully saturated rings. The molecule has 208 valence electrons. The van der Waals surface area contributed by atoms with Gasteiger partial charge < -0.3 is 4.42 Å². The molecule has 44 heavy (non-hydrogen) atoms. The van der Waals surface area contributed by atoms with Gasteiger partial charge in [-0.25, -0.2) is 15.0 Å². The maximum Gasteiger partial charge on any atom is 0.164 e. The molecule has 2 aromatic heterocycles. The number of nitrogens with zero attached hydrogens (tertiary/aromatic N) is 3. The SMILES string of the molecule is CC1(C)c2cc(-c3nc(-c4ccccc4)nc(-c4ccccc4)n3)ccc2-c2c1ccc1ccc3c4ccccc4oc3c21. The molecule has 4 heteroatoms. The molecule has 0 radical (unpaired) electrons. The molecule has 1 aliphatic rings. The summed E-state index contributed by atoms with van der Waals surface area (Å²) in [6.07, 6.45) is 0. The van der Waals surface area contributed by atoms with Gasteiger partial charge in [-0.05, 0) is 45.8 Å². The first-order valence-electron chi connectivity index (χ1n) is 15.0. The van der Waals surface area contributed by atoms with Crippen LogP contribution in [0.5, 0.6) is 0 Å². The van der Waals surface area contributed by atoms with Crippen LogP contribution >= 0.6 is 0 Å². The van der Waals surface area contributed by atoms with Gasteiger partial charge in [0.2, 0.25) is 0 Å². The number of fused-ring (bicyclic) bond motifs is 9. The van der Waals surface area contributed by atoms with Crippen LogP contribution in [0.3, 0.4) is 0 Å². The smallest absolute Gasteiger partial charge is 0.164 e. The molecule has 0 spiro atoms. The standard InChI is InChI=1S/C40H27N3O/c1-40(2)31-22-19-24-17-20-29-28-15-9-10-16-33(28)44-36(29)34(24)35(31)30-21-18-27(23-32(30)40)39-42-37(25-11-5-3-6-12-25)41-38(43-39)26-13-7-4-8-14-26/h3-23H,1-2H3. The van der Waals surface area contributed by atoms with Crippen molar-refractivity contribution in [1.29, 1.82) is 0 Å². The Kier molecular flexibility index (Phi) is 5.21. The van der Waals surface area contributed by atoms with Gasteiger partial charge in [0.1, 0.15) is 11.2 Å². The van der Waals surface area contributed by atoms with Crippen molar-refractivity contribution in [2.45, 2.75) is 19.3 Å². The molecule has 1 aliphatic carbocycles. The number of hydrogen-bond acceptors (Lipinski definition) is 4. The number of hydrogen-bond donors (Lipinski definition) is 0. The molecular weight excluding hydrogens is 538 g/mol. The predicted molar refractivity (Wildman–Crippen MR) is 178 cm³/mol. The molecule has 0 saturated carbocycles. The number of rotatable bonds is 3. The molecule has 0 bridgehead atoms. The average Bonchev–Trinajstić information content (AvgIpc) is 3.57. The van der Waals surface area contributed by atoms with Gasteiger partial charge in [0.05, 0.1) is 0 Å². The predicted octanol–water partition coefficient (Wildman–Crippen LogP) is 10.2. The first kappa shape index (κ1) is 24.9. The zero-order valence-corrected chi connectivity index (χ0v) is 24.4. The average molecular weight is 566 g/mol. The minimum Gasteiger partial charge on any atom is -0.455 e. The van der Waals surface area contributed by atoms with Gasteiger partial charge in [0, 0.05) is 38.3 Å². The molecule has 0 atom stereocenters. The second kappa shape index (κ2) is 9.19. The molecule has 4 nitrogen and oxygen atoms in total. The largest absolute Gasteiger partial charge is 0.455 e. The molecule has 0 saturated heterocycles. The Morgan fingerprint density at radius 2 is 1.14 bits per heavy atom. The summed E-state index contributed by atoms with van der Waals surface area (Å²) in [4.78, 5) is 14.9. The fourth-order valence-corrected chi connectivity index (χ4v) is 6.89. The lowest BCUT2D eigenvalue weighted by Gasteiger charge is -2.22. The Morgan fingerprint density at radius 1 is 0.523 bits per heavy atom. The number of benzene rings is 6. The zero-order valence-electron chi connectivity index (χ0n) is 24.4. The highest BCUT2D eigenvalue weighted by Gasteiger charge is 2.37. The van der Waals surface area contributed by atoms with Gasteiger partial charge in [-0.2, -0.15) is 0 Å². The Hall–Kier alpha value is -5.61. The molecule has 9 rings (SSSR count). The van der Waals surface area contributed by atoms with Crippen molar-refractivity contribution in [3.8, 4) is 45.3 Å². The highest BCUT2D eigenvalue weighted by atomic mass is 16.3. The summed E-state index contributed by atoms with van der Waals surface area (Å²) in [5.74, 6) is 1.99. The molecule has 0 aliphatic heterocycles. The Morgan fingerprint density at radius 3 is 1.84 bits per heavy atom. The van der Waals surface area contributed by atoms with Crippen molar-refractivity contribution in [3.05, 3.63) is 139 Å². The van der Waals surface area contributed by atoms with Gasteiger partial charge >= 0.3 is 0 Å². The minimum absolute atomic E-state index is 0.222. The first-order chi connectivity index (χ1) is 21.6. The Balaban J connectivity index is 1.27. The Labute approximate surface area is 254 Å². The van der Waals surface area contributed by atoms with Crippen LogP contribution < -0.4 is 0 Å². The van der Waals surface area contributed by atoms with E-state index in [0.29, 0.717) is 17.5 Å². The van der Waals surface area contributed by atoms with Crippen LogP contribution in [-0.2, 0) is 5.41 Å². The van der Waals surface area contributed by atoms with Crippen molar-refractivity contribution in [1.82, 2.24) is 15.0 Å². The molecule has 6 aromatic carbocycles. The van der Waals surface area contributed by atoms with Crippen LogP contribution in [0.2, 0.25) is 0 Å². The molecule has 2 heterocycles. The van der Waals surface area contributed by atoms with E-state index in [4.69, 9.17) is 19.4 Å². The molecular formula is C40H27N3O. The monoisotopic (exact) mass is 565 g/mol. The third-order valence-corrected chi connectivity index (χ3v) is 9.12. The second-order valence-corrected chi connectivity index (χ2v) is 12.1. The summed E-state index contributed by atoms with van der Waals surface area (Å²) in [5.41, 5.74) is 9.58. The van der Waals surface area contributed by atoms with E-state index in [0.717, 1.165) is 38.6 Å². The summed E-state index contributed by atoms with van der Waals surface area (Å²) < 4.78 is 6.55. The lowest BCUT2D eigenvalue weighted by molar-refractivity contribution is 0.660. The highest BCUT2D eigenvalue weighted by Crippen LogP contribution is 2.53. The lowest BCUT2D eigenvalue weighted by atomic mass is 9.81. The fourth-order valence-electron chi connectivity index (χ4n) is 6.89. The van der Waals surface area contributed by atoms with Crippen LogP contribution in [0, 0.1) is 0 Å². The van der Waals surface area contributed by atoms with E-state index in [9.17, 15) is 0 Å². The number of para-hydroxylation sites is 1. The van der Waals surface area contributed by atoms with E-state index in [1.165, 1.54) is 33.0 Å². The van der Waals surface area contributed by atoms with E-state index in [1.807, 2.05) is 66.7 Å². The summed E-state index contributed by atoms with van der Waals surface area (Å²) in [6.45, 7) is 4.62. The Bertz CT molecular complexity index is 2350. The van der Waals surface area contributed by atoms with Crippen LogP contribution in [-0.4, -0.2) is 15.0 Å². The maximum atomic E-state index is 6.55. The van der Waals surface area contributed by atoms with Crippen LogP contribution in [0.15, 0.2) is 132 Å². The third kappa shape index (κ3) is 3.61. The van der Waals surface area contributed by atoms with E-state index in [1.54, 1.807) is 0 Å². The van der Waals surface area contributed by atoms with Crippen molar-refractivity contribution >= 4 is 32.7 Å². The molecule has 8 aromatic rings. The summed E-state index contributed by atoms with van der Waals surface area (Å²) in [6, 6.07) is 44.1. The van der Waals surface area contributed by atoms with E-state index >= 15 is 0 Å². The highest BCUT2D eigenvalue weighted by molar-refractivity contribution is 6.20. The van der Waals surface area contributed by atoms with Gasteiger partial charge in [-0.3, -0.25) is 0 Å². The van der Waals surface area contributed by atoms with Gasteiger partial charge in [0.25, 0.3) is 0 Å². The zero-order chi connectivity index (χ0) is 29.4. The molecule has 0 unspecified atom stereocenters. The number of furan rings is 1. The summed E-state index contributed by atoms with van der Waals surface area (Å²) in [5, 5.41) is 4.65. The van der Waals surface area contributed by atoms with Crippen LogP contribution in [0.4, 0.5) is 0 Å². The first-order valence-corrected chi connectivity index (χ1v) is 15.0. The van der Waals surface area contributed by atoms with Crippen molar-refractivity contribution in [3.63, 3.8) is 0 Å². The van der Waals surface area contributed by atoms with Gasteiger partial charge in [-0.1, -0.05) is 123 Å². The normalized spacial score (nSPS) is 13.4. The van der Waals surface area contributed by atoms with Crippen molar-refractivity contribution < 1.29 is 4.42 Å². The second-order valence-electron chi connectivity index (χ2n) is 12.1. The third-order valence-electron chi connectivity index (χ3n) is 9.12. The van der Waals surface area contributed by atoms with E-state index in [2.05, 4.69) is 74.5 Å². The summed E-state index contributed by atoms with van der Waals surface area (Å²) >= 11 is 0. The van der Waals surface area contributed by atoms with Gasteiger partial charge in [-0.15, -0.1) is 0 Å². The summed E-state index contributed by atoms with van der Waals surface area (Å²) in [7, 11) is 0. The van der Waals surface area contributed by atoms with Gasteiger partial charge in [0.15, 0.2) is 17.5 Å². The molecule has 0 N–H and O–H groups in total. The van der Waals surface area contributed by atoms with Crippen molar-refractivity contribution in [2.75, 3.05) is 0 Å². The quantitative estimate of drug-likeness (QED) is 0.214. The topological polar surface area (TPSA) is 51.8 Å². The van der Waals surface area contributed by atoms with E-state index < -0.39 is 0 Å². The minimum atomic E-state index is -0.222. The van der Waals surface area contributed by atoms with E-state index in [-0.39, 0.29) is 5.41 Å². The number of aromatic nitrogens is 3. The lowest BCUT2D eigenvalue weighted by Crippen LogP contribution is -2.15. The van der Waals surface area contributed by atoms with Crippen molar-refractivity contribution in [2.24, 2.45) is 0 Å². The maximum absolute atomic E-state index is 6.55.